The van der Waals surface area contributed by atoms with Crippen LogP contribution in [0.1, 0.15) is 21.5 Å². The molecule has 6 nitrogen and oxygen atoms in total. The van der Waals surface area contributed by atoms with Crippen LogP contribution in [-0.2, 0) is 6.18 Å². The topological polar surface area (TPSA) is 78.7 Å². The summed E-state index contributed by atoms with van der Waals surface area (Å²) in [5.41, 5.74) is -0.515. The van der Waals surface area contributed by atoms with Gasteiger partial charge in [0, 0.05) is 6.08 Å². The minimum absolute atomic E-state index is 0.0238. The molecule has 2 rings (SSSR count). The maximum Gasteiger partial charge on any atom is 0.416 e. The summed E-state index contributed by atoms with van der Waals surface area (Å²) >= 11 is 0. The van der Waals surface area contributed by atoms with E-state index < -0.39 is 22.6 Å². The molecule has 2 aromatic carbocycles. The number of halogens is 3. The lowest BCUT2D eigenvalue weighted by molar-refractivity contribution is -0.400. The average molecular weight is 367 g/mol. The highest BCUT2D eigenvalue weighted by Gasteiger charge is 2.30. The highest BCUT2D eigenvalue weighted by atomic mass is 19.4. The number of alkyl halides is 3. The maximum absolute atomic E-state index is 12.5. The van der Waals surface area contributed by atoms with Gasteiger partial charge in [-0.3, -0.25) is 10.1 Å². The summed E-state index contributed by atoms with van der Waals surface area (Å²) in [6, 6.07) is 7.80. The number of nitrogens with zero attached hydrogens (tertiary/aromatic N) is 1. The fourth-order valence-corrected chi connectivity index (χ4v) is 1.97. The SMILES string of the molecule is COc1cc(/C=C/[N+](=O)[O-])ccc1OC(=O)c1ccc(C(F)(F)F)cc1. The van der Waals surface area contributed by atoms with Gasteiger partial charge in [0.05, 0.1) is 23.2 Å². The Hall–Kier alpha value is -3.36. The second-order valence-electron chi connectivity index (χ2n) is 4.98. The normalized spacial score (nSPS) is 11.4. The van der Waals surface area contributed by atoms with E-state index in [0.29, 0.717) is 5.56 Å². The molecule has 2 aromatic rings. The number of hydrogen-bond acceptors (Lipinski definition) is 5. The third-order valence-electron chi connectivity index (χ3n) is 3.23. The van der Waals surface area contributed by atoms with E-state index in [1.807, 2.05) is 0 Å². The molecule has 0 aliphatic rings. The van der Waals surface area contributed by atoms with E-state index in [9.17, 15) is 28.1 Å². The van der Waals surface area contributed by atoms with Crippen molar-refractivity contribution in [3.05, 3.63) is 75.5 Å². The zero-order chi connectivity index (χ0) is 19.3. The Morgan fingerprint density at radius 2 is 1.77 bits per heavy atom. The van der Waals surface area contributed by atoms with Crippen molar-refractivity contribution >= 4 is 12.0 Å². The molecule has 0 fully saturated rings. The predicted molar refractivity (Wildman–Crippen MR) is 85.4 cm³/mol. The maximum atomic E-state index is 12.5. The van der Waals surface area contributed by atoms with Crippen LogP contribution in [0.15, 0.2) is 48.7 Å². The molecule has 136 valence electrons. The Labute approximate surface area is 145 Å². The molecule has 0 radical (unpaired) electrons. The van der Waals surface area contributed by atoms with Crippen molar-refractivity contribution in [3.8, 4) is 11.5 Å². The molecule has 0 heterocycles. The molecule has 9 heteroatoms. The van der Waals surface area contributed by atoms with E-state index in [4.69, 9.17) is 9.47 Å². The predicted octanol–water partition coefficient (Wildman–Crippen LogP) is 4.18. The molecule has 0 atom stereocenters. The molecule has 26 heavy (non-hydrogen) atoms. The highest BCUT2D eigenvalue weighted by Crippen LogP contribution is 2.31. The van der Waals surface area contributed by atoms with Gasteiger partial charge in [0.1, 0.15) is 0 Å². The van der Waals surface area contributed by atoms with Gasteiger partial charge >= 0.3 is 12.1 Å². The molecule has 0 bridgehead atoms. The molecule has 0 spiro atoms. The number of methoxy groups -OCH3 is 1. The molecule has 0 aliphatic carbocycles. The van der Waals surface area contributed by atoms with Crippen LogP contribution in [0, 0.1) is 10.1 Å². The summed E-state index contributed by atoms with van der Waals surface area (Å²) in [6.45, 7) is 0. The molecule has 0 N–H and O–H groups in total. The third kappa shape index (κ3) is 4.82. The number of esters is 1. The summed E-state index contributed by atoms with van der Waals surface area (Å²) in [6.07, 6.45) is -2.54. The number of hydrogen-bond donors (Lipinski definition) is 0. The lowest BCUT2D eigenvalue weighted by atomic mass is 10.1. The summed E-state index contributed by atoms with van der Waals surface area (Å²) < 4.78 is 47.8. The van der Waals surface area contributed by atoms with Crippen molar-refractivity contribution in [2.24, 2.45) is 0 Å². The van der Waals surface area contributed by atoms with Gasteiger partial charge in [-0.1, -0.05) is 6.07 Å². The Morgan fingerprint density at radius 1 is 1.12 bits per heavy atom. The number of carbonyl (C=O) groups is 1. The van der Waals surface area contributed by atoms with Crippen LogP contribution in [0.5, 0.6) is 11.5 Å². The summed E-state index contributed by atoms with van der Waals surface area (Å²) in [7, 11) is 1.31. The fourth-order valence-electron chi connectivity index (χ4n) is 1.97. The van der Waals surface area contributed by atoms with Crippen LogP contribution < -0.4 is 9.47 Å². The van der Waals surface area contributed by atoms with Crippen LogP contribution in [-0.4, -0.2) is 18.0 Å². The number of nitro groups is 1. The standard InChI is InChI=1S/C17H12F3NO5/c1-25-15-10-11(8-9-21(23)24)2-7-14(15)26-16(22)12-3-5-13(6-4-12)17(18,19)20/h2-10H,1H3/b9-8+. The second kappa shape index (κ2) is 7.68. The van der Waals surface area contributed by atoms with E-state index in [1.165, 1.54) is 31.4 Å². The van der Waals surface area contributed by atoms with Crippen LogP contribution >= 0.6 is 0 Å². The monoisotopic (exact) mass is 367 g/mol. The quantitative estimate of drug-likeness (QED) is 0.343. The smallest absolute Gasteiger partial charge is 0.416 e. The Balaban J connectivity index is 2.19. The zero-order valence-electron chi connectivity index (χ0n) is 13.3. The zero-order valence-corrected chi connectivity index (χ0v) is 13.3. The average Bonchev–Trinajstić information content (AvgIpc) is 2.60. The van der Waals surface area contributed by atoms with Crippen LogP contribution in [0.4, 0.5) is 13.2 Å². The van der Waals surface area contributed by atoms with E-state index in [2.05, 4.69) is 0 Å². The van der Waals surface area contributed by atoms with Gasteiger partial charge in [0.2, 0.25) is 6.20 Å². The van der Waals surface area contributed by atoms with Crippen molar-refractivity contribution in [3.63, 3.8) is 0 Å². The van der Waals surface area contributed by atoms with Crippen LogP contribution in [0.25, 0.3) is 6.08 Å². The molecule has 0 unspecified atom stereocenters. The fraction of sp³-hybridized carbons (Fsp3) is 0.118. The summed E-state index contributed by atoms with van der Waals surface area (Å²) in [4.78, 5) is 21.8. The molecular formula is C17H12F3NO5. The Bertz CT molecular complexity index is 844. The number of carbonyl (C=O) groups excluding carboxylic acids is 1. The van der Waals surface area contributed by atoms with E-state index >= 15 is 0 Å². The third-order valence-corrected chi connectivity index (χ3v) is 3.23. The van der Waals surface area contributed by atoms with Gasteiger partial charge in [0.25, 0.3) is 0 Å². The molecule has 0 amide bonds. The highest BCUT2D eigenvalue weighted by molar-refractivity contribution is 5.91. The number of benzene rings is 2. The Kier molecular flexibility index (Phi) is 5.61. The minimum atomic E-state index is -4.50. The first-order chi connectivity index (χ1) is 12.2. The molecule has 0 aliphatic heterocycles. The van der Waals surface area contributed by atoms with Gasteiger partial charge in [-0.2, -0.15) is 13.2 Å². The first-order valence-electron chi connectivity index (χ1n) is 7.10. The molecular weight excluding hydrogens is 355 g/mol. The first-order valence-corrected chi connectivity index (χ1v) is 7.10. The van der Waals surface area contributed by atoms with Crippen molar-refractivity contribution in [2.45, 2.75) is 6.18 Å². The largest absolute Gasteiger partial charge is 0.493 e. The van der Waals surface area contributed by atoms with Gasteiger partial charge in [-0.25, -0.2) is 4.79 Å². The van der Waals surface area contributed by atoms with Gasteiger partial charge in [-0.15, -0.1) is 0 Å². The van der Waals surface area contributed by atoms with E-state index in [0.717, 1.165) is 30.5 Å². The van der Waals surface area contributed by atoms with Crippen molar-refractivity contribution in [1.29, 1.82) is 0 Å². The summed E-state index contributed by atoms with van der Waals surface area (Å²) in [5.74, 6) is -0.711. The van der Waals surface area contributed by atoms with Crippen LogP contribution in [0.3, 0.4) is 0 Å². The minimum Gasteiger partial charge on any atom is -0.493 e. The van der Waals surface area contributed by atoms with Gasteiger partial charge < -0.3 is 9.47 Å². The van der Waals surface area contributed by atoms with E-state index in [-0.39, 0.29) is 17.1 Å². The number of rotatable bonds is 5. The van der Waals surface area contributed by atoms with Crippen molar-refractivity contribution < 1.29 is 32.4 Å². The van der Waals surface area contributed by atoms with Crippen molar-refractivity contribution in [2.75, 3.05) is 7.11 Å². The lowest BCUT2D eigenvalue weighted by Gasteiger charge is -2.11. The first kappa shape index (κ1) is 19.0. The van der Waals surface area contributed by atoms with Gasteiger partial charge in [-0.05, 0) is 42.0 Å². The van der Waals surface area contributed by atoms with Crippen LogP contribution in [0.2, 0.25) is 0 Å². The number of ether oxygens (including phenoxy) is 2. The Morgan fingerprint density at radius 3 is 2.31 bits per heavy atom. The molecule has 0 aromatic heterocycles. The molecule has 0 saturated carbocycles. The van der Waals surface area contributed by atoms with E-state index in [1.54, 1.807) is 0 Å². The van der Waals surface area contributed by atoms with Crippen molar-refractivity contribution in [1.82, 2.24) is 0 Å². The second-order valence-corrected chi connectivity index (χ2v) is 4.98. The summed E-state index contributed by atoms with van der Waals surface area (Å²) in [5, 5.41) is 10.3. The lowest BCUT2D eigenvalue weighted by Crippen LogP contribution is -2.11. The molecule has 0 saturated heterocycles. The van der Waals surface area contributed by atoms with Gasteiger partial charge in [0.15, 0.2) is 11.5 Å².